The van der Waals surface area contributed by atoms with E-state index in [9.17, 15) is 22.8 Å². The van der Waals surface area contributed by atoms with E-state index >= 15 is 0 Å². The van der Waals surface area contributed by atoms with Crippen LogP contribution in [-0.4, -0.2) is 40.6 Å². The van der Waals surface area contributed by atoms with Gasteiger partial charge in [-0.05, 0) is 45.7 Å². The fourth-order valence-corrected chi connectivity index (χ4v) is 2.87. The van der Waals surface area contributed by atoms with Crippen LogP contribution < -0.4 is 0 Å². The van der Waals surface area contributed by atoms with Gasteiger partial charge in [0.05, 0.1) is 17.7 Å². The molecular formula is C17H21F3N2O3. The Kier molecular flexibility index (Phi) is 5.39. The molecule has 1 aromatic heterocycles. The van der Waals surface area contributed by atoms with Crippen LogP contribution in [0.25, 0.3) is 0 Å². The van der Waals surface area contributed by atoms with Gasteiger partial charge in [-0.1, -0.05) is 0 Å². The number of halogens is 3. The van der Waals surface area contributed by atoms with Crippen molar-refractivity contribution >= 4 is 12.4 Å². The van der Waals surface area contributed by atoms with Crippen LogP contribution in [0.4, 0.5) is 18.0 Å². The summed E-state index contributed by atoms with van der Waals surface area (Å²) in [6.07, 6.45) is -3.70. The molecule has 0 radical (unpaired) electrons. The summed E-state index contributed by atoms with van der Waals surface area (Å²) in [4.78, 5) is 29.0. The number of carbonyl (C=O) groups is 2. The van der Waals surface area contributed by atoms with Gasteiger partial charge in [-0.15, -0.1) is 0 Å². The van der Waals surface area contributed by atoms with E-state index in [4.69, 9.17) is 4.74 Å². The predicted molar refractivity (Wildman–Crippen MR) is 84.1 cm³/mol. The van der Waals surface area contributed by atoms with Gasteiger partial charge in [-0.2, -0.15) is 13.2 Å². The Morgan fingerprint density at radius 2 is 2.04 bits per heavy atom. The van der Waals surface area contributed by atoms with Crippen molar-refractivity contribution in [1.82, 2.24) is 9.88 Å². The summed E-state index contributed by atoms with van der Waals surface area (Å²) >= 11 is 0. The zero-order valence-electron chi connectivity index (χ0n) is 14.3. The van der Waals surface area contributed by atoms with Crippen LogP contribution in [0.2, 0.25) is 0 Å². The number of hydrogen-bond acceptors (Lipinski definition) is 4. The summed E-state index contributed by atoms with van der Waals surface area (Å²) in [5, 5.41) is 0. The maximum atomic E-state index is 13.2. The number of aromatic nitrogens is 1. The number of carbonyl (C=O) groups excluding carboxylic acids is 2. The second-order valence-corrected chi connectivity index (χ2v) is 7.05. The lowest BCUT2D eigenvalue weighted by Gasteiger charge is -2.40. The summed E-state index contributed by atoms with van der Waals surface area (Å²) in [5.74, 6) is -1.56. The molecule has 0 unspecified atom stereocenters. The van der Waals surface area contributed by atoms with Gasteiger partial charge < -0.3 is 4.74 Å². The fourth-order valence-electron chi connectivity index (χ4n) is 2.87. The van der Waals surface area contributed by atoms with E-state index < -0.39 is 29.8 Å². The van der Waals surface area contributed by atoms with E-state index in [1.807, 2.05) is 0 Å². The third-order valence-electron chi connectivity index (χ3n) is 4.01. The Hall–Kier alpha value is -2.12. The number of pyridine rings is 1. The van der Waals surface area contributed by atoms with Gasteiger partial charge in [-0.25, -0.2) is 4.79 Å². The number of piperidine rings is 1. The van der Waals surface area contributed by atoms with Crippen molar-refractivity contribution in [2.45, 2.75) is 51.4 Å². The molecule has 0 aliphatic carbocycles. The second kappa shape index (κ2) is 7.01. The molecular weight excluding hydrogens is 337 g/mol. The van der Waals surface area contributed by atoms with Crippen molar-refractivity contribution < 1.29 is 27.5 Å². The molecule has 0 bridgehead atoms. The molecule has 138 valence electrons. The highest BCUT2D eigenvalue weighted by molar-refractivity contribution is 5.77. The minimum atomic E-state index is -4.37. The highest BCUT2D eigenvalue weighted by Crippen LogP contribution is 2.42. The molecule has 1 aromatic rings. The van der Waals surface area contributed by atoms with E-state index in [2.05, 4.69) is 4.98 Å². The quantitative estimate of drug-likeness (QED) is 0.746. The van der Waals surface area contributed by atoms with E-state index in [1.54, 1.807) is 20.8 Å². The smallest absolute Gasteiger partial charge is 0.410 e. The highest BCUT2D eigenvalue weighted by Gasteiger charge is 2.47. The van der Waals surface area contributed by atoms with Crippen LogP contribution in [0.5, 0.6) is 0 Å². The van der Waals surface area contributed by atoms with Crippen molar-refractivity contribution in [2.24, 2.45) is 5.92 Å². The Labute approximate surface area is 144 Å². The van der Waals surface area contributed by atoms with Crippen molar-refractivity contribution in [2.75, 3.05) is 6.54 Å². The lowest BCUT2D eigenvalue weighted by Crippen LogP contribution is -2.46. The second-order valence-electron chi connectivity index (χ2n) is 7.05. The first-order chi connectivity index (χ1) is 11.5. The lowest BCUT2D eigenvalue weighted by molar-refractivity contribution is -0.189. The molecule has 0 N–H and O–H groups in total. The van der Waals surface area contributed by atoms with Crippen LogP contribution in [-0.2, 0) is 4.74 Å². The molecule has 1 fully saturated rings. The topological polar surface area (TPSA) is 59.5 Å². The SMILES string of the molecule is CC(C)(C)OC(=O)N1CC[C@H](C(F)(F)F)C[C@@H]1c1ncccc1C=O. The molecule has 25 heavy (non-hydrogen) atoms. The monoisotopic (exact) mass is 358 g/mol. The first kappa shape index (κ1) is 19.2. The minimum absolute atomic E-state index is 0.112. The Balaban J connectivity index is 2.38. The van der Waals surface area contributed by atoms with E-state index in [-0.39, 0.29) is 30.6 Å². The van der Waals surface area contributed by atoms with Gasteiger partial charge in [0, 0.05) is 18.3 Å². The van der Waals surface area contributed by atoms with Crippen molar-refractivity contribution in [3.8, 4) is 0 Å². The van der Waals surface area contributed by atoms with Crippen LogP contribution in [0.15, 0.2) is 18.3 Å². The van der Waals surface area contributed by atoms with Gasteiger partial charge in [0.25, 0.3) is 0 Å². The van der Waals surface area contributed by atoms with Crippen LogP contribution in [0, 0.1) is 5.92 Å². The molecule has 5 nitrogen and oxygen atoms in total. The predicted octanol–water partition coefficient (Wildman–Crippen LogP) is 4.14. The number of alkyl halides is 3. The first-order valence-electron chi connectivity index (χ1n) is 7.99. The summed E-state index contributed by atoms with van der Waals surface area (Å²) in [6, 6.07) is 2.03. The van der Waals surface area contributed by atoms with E-state index in [0.29, 0.717) is 6.29 Å². The average Bonchev–Trinajstić information content (AvgIpc) is 2.51. The highest BCUT2D eigenvalue weighted by atomic mass is 19.4. The van der Waals surface area contributed by atoms with Crippen LogP contribution >= 0.6 is 0 Å². The molecule has 2 rings (SSSR count). The number of ether oxygens (including phenoxy) is 1. The Morgan fingerprint density at radius 1 is 1.36 bits per heavy atom. The number of amides is 1. The first-order valence-corrected chi connectivity index (χ1v) is 7.99. The number of rotatable bonds is 2. The molecule has 1 saturated heterocycles. The largest absolute Gasteiger partial charge is 0.444 e. The summed E-state index contributed by atoms with van der Waals surface area (Å²) < 4.78 is 44.9. The summed E-state index contributed by atoms with van der Waals surface area (Å²) in [5.41, 5.74) is -0.443. The van der Waals surface area contributed by atoms with Crippen molar-refractivity contribution in [3.63, 3.8) is 0 Å². The Morgan fingerprint density at radius 3 is 2.60 bits per heavy atom. The third kappa shape index (κ3) is 4.70. The maximum absolute atomic E-state index is 13.2. The lowest BCUT2D eigenvalue weighted by atomic mass is 9.87. The van der Waals surface area contributed by atoms with E-state index in [1.165, 1.54) is 23.2 Å². The molecule has 0 saturated carbocycles. The zero-order chi connectivity index (χ0) is 18.8. The molecule has 1 amide bonds. The molecule has 1 aliphatic heterocycles. The van der Waals surface area contributed by atoms with Crippen molar-refractivity contribution in [3.05, 3.63) is 29.6 Å². The number of aldehydes is 1. The number of nitrogens with zero attached hydrogens (tertiary/aromatic N) is 2. The van der Waals surface area contributed by atoms with Gasteiger partial charge in [0.15, 0.2) is 6.29 Å². The molecule has 0 aromatic carbocycles. The molecule has 8 heteroatoms. The normalized spacial score (nSPS) is 21.8. The summed E-state index contributed by atoms with van der Waals surface area (Å²) in [6.45, 7) is 4.93. The molecule has 0 spiro atoms. The number of likely N-dealkylation sites (tertiary alicyclic amines) is 1. The van der Waals surface area contributed by atoms with Gasteiger partial charge >= 0.3 is 12.3 Å². The average molecular weight is 358 g/mol. The zero-order valence-corrected chi connectivity index (χ0v) is 14.3. The summed E-state index contributed by atoms with van der Waals surface area (Å²) in [7, 11) is 0. The Bertz CT molecular complexity index is 641. The van der Waals surface area contributed by atoms with Gasteiger partial charge in [0.1, 0.15) is 5.60 Å². The van der Waals surface area contributed by atoms with Crippen molar-refractivity contribution in [1.29, 1.82) is 0 Å². The van der Waals surface area contributed by atoms with E-state index in [0.717, 1.165) is 0 Å². The third-order valence-corrected chi connectivity index (χ3v) is 4.01. The number of hydrogen-bond donors (Lipinski definition) is 0. The maximum Gasteiger partial charge on any atom is 0.410 e. The van der Waals surface area contributed by atoms with Crippen LogP contribution in [0.1, 0.15) is 55.7 Å². The standard InChI is InChI=1S/C17H21F3N2O3/c1-16(2,3)25-15(24)22-8-6-12(17(18,19)20)9-13(22)14-11(10-23)5-4-7-21-14/h4-5,7,10,12-13H,6,8-9H2,1-3H3/t12-,13+/m0/s1. The molecule has 2 atom stereocenters. The fraction of sp³-hybridized carbons (Fsp3) is 0.588. The van der Waals surface area contributed by atoms with Gasteiger partial charge in [-0.3, -0.25) is 14.7 Å². The van der Waals surface area contributed by atoms with Crippen LogP contribution in [0.3, 0.4) is 0 Å². The minimum Gasteiger partial charge on any atom is -0.444 e. The molecule has 2 heterocycles. The molecule has 1 aliphatic rings. The van der Waals surface area contributed by atoms with Gasteiger partial charge in [0.2, 0.25) is 0 Å².